The molecule has 0 bridgehead atoms. The van der Waals surface area contributed by atoms with Crippen molar-refractivity contribution in [2.24, 2.45) is 11.7 Å². The van der Waals surface area contributed by atoms with Crippen LogP contribution in [0.4, 0.5) is 4.39 Å². The van der Waals surface area contributed by atoms with E-state index in [2.05, 4.69) is 18.9 Å². The Labute approximate surface area is 128 Å². The minimum atomic E-state index is -0.171. The topological polar surface area (TPSA) is 29.3 Å². The minimum absolute atomic E-state index is 0.109. The fourth-order valence-electron chi connectivity index (χ4n) is 3.64. The quantitative estimate of drug-likeness (QED) is 0.833. The maximum Gasteiger partial charge on any atom is 0.123 e. The van der Waals surface area contributed by atoms with Gasteiger partial charge in [-0.15, -0.1) is 0 Å². The van der Waals surface area contributed by atoms with Crippen LogP contribution in [0.15, 0.2) is 24.3 Å². The van der Waals surface area contributed by atoms with Gasteiger partial charge < -0.3 is 5.73 Å². The van der Waals surface area contributed by atoms with Crippen molar-refractivity contribution in [1.29, 1.82) is 0 Å². The van der Waals surface area contributed by atoms with Gasteiger partial charge in [0.25, 0.3) is 0 Å². The maximum absolute atomic E-state index is 13.0. The second-order valence-corrected chi connectivity index (χ2v) is 6.62. The highest BCUT2D eigenvalue weighted by molar-refractivity contribution is 5.16. The molecule has 1 aromatic carbocycles. The molecule has 2 N–H and O–H groups in total. The highest BCUT2D eigenvalue weighted by Gasteiger charge is 2.35. The number of nitrogens with two attached hydrogens (primary N) is 1. The molecule has 0 spiro atoms. The second kappa shape index (κ2) is 7.37. The molecule has 21 heavy (non-hydrogen) atoms. The van der Waals surface area contributed by atoms with Crippen LogP contribution >= 0.6 is 0 Å². The summed E-state index contributed by atoms with van der Waals surface area (Å²) in [7, 11) is 2.17. The molecule has 0 heterocycles. The van der Waals surface area contributed by atoms with Crippen molar-refractivity contribution >= 4 is 0 Å². The van der Waals surface area contributed by atoms with Gasteiger partial charge in [-0.05, 0) is 49.9 Å². The van der Waals surface area contributed by atoms with Crippen molar-refractivity contribution in [3.63, 3.8) is 0 Å². The van der Waals surface area contributed by atoms with Gasteiger partial charge in [0, 0.05) is 18.6 Å². The van der Waals surface area contributed by atoms with Gasteiger partial charge in [-0.2, -0.15) is 0 Å². The smallest absolute Gasteiger partial charge is 0.123 e. The summed E-state index contributed by atoms with van der Waals surface area (Å²) in [4.78, 5) is 2.40. The van der Waals surface area contributed by atoms with Crippen molar-refractivity contribution in [1.82, 2.24) is 4.90 Å². The molecule has 1 saturated carbocycles. The maximum atomic E-state index is 13.0. The number of nitrogens with zero attached hydrogens (tertiary/aromatic N) is 1. The Balaban J connectivity index is 2.06. The molecule has 0 aliphatic heterocycles. The van der Waals surface area contributed by atoms with Crippen molar-refractivity contribution in [3.05, 3.63) is 35.6 Å². The lowest BCUT2D eigenvalue weighted by Gasteiger charge is -2.41. The third-order valence-electron chi connectivity index (χ3n) is 5.37. The molecule has 2 atom stereocenters. The van der Waals surface area contributed by atoms with Crippen LogP contribution in [0.3, 0.4) is 0 Å². The van der Waals surface area contributed by atoms with E-state index in [0.717, 1.165) is 18.0 Å². The molecule has 2 nitrogen and oxygen atoms in total. The number of hydrogen-bond donors (Lipinski definition) is 1. The summed E-state index contributed by atoms with van der Waals surface area (Å²) < 4.78 is 13.0. The standard InChI is InChI=1S/C18H29FN2/c1-3-15-5-4-11-18(14-20,12-10-15)21(2)13-16-6-8-17(19)9-7-16/h6-9,15H,3-5,10-14,20H2,1-2H3. The Morgan fingerprint density at radius 1 is 1.24 bits per heavy atom. The third kappa shape index (κ3) is 4.04. The molecule has 1 fully saturated rings. The Kier molecular flexibility index (Phi) is 5.77. The molecule has 1 aliphatic carbocycles. The van der Waals surface area contributed by atoms with Crippen LogP contribution in [0.5, 0.6) is 0 Å². The van der Waals surface area contributed by atoms with E-state index in [1.54, 1.807) is 12.1 Å². The van der Waals surface area contributed by atoms with Gasteiger partial charge in [-0.3, -0.25) is 4.90 Å². The largest absolute Gasteiger partial charge is 0.329 e. The predicted molar refractivity (Wildman–Crippen MR) is 86.5 cm³/mol. The average molecular weight is 292 g/mol. The lowest BCUT2D eigenvalue weighted by atomic mass is 9.87. The molecule has 1 aliphatic rings. The van der Waals surface area contributed by atoms with Crippen molar-refractivity contribution in [3.8, 4) is 0 Å². The van der Waals surface area contributed by atoms with Crippen LogP contribution in [0.2, 0.25) is 0 Å². The average Bonchev–Trinajstić information content (AvgIpc) is 2.72. The summed E-state index contributed by atoms with van der Waals surface area (Å²) >= 11 is 0. The van der Waals surface area contributed by atoms with Crippen molar-refractivity contribution in [2.75, 3.05) is 13.6 Å². The van der Waals surface area contributed by atoms with E-state index in [4.69, 9.17) is 5.73 Å². The van der Waals surface area contributed by atoms with Gasteiger partial charge in [0.2, 0.25) is 0 Å². The number of likely N-dealkylation sites (N-methyl/N-ethyl adjacent to an activating group) is 1. The highest BCUT2D eigenvalue weighted by atomic mass is 19.1. The minimum Gasteiger partial charge on any atom is -0.329 e. The molecule has 0 amide bonds. The van der Waals surface area contributed by atoms with Crippen LogP contribution in [-0.2, 0) is 6.54 Å². The van der Waals surface area contributed by atoms with Crippen LogP contribution in [-0.4, -0.2) is 24.0 Å². The first-order valence-corrected chi connectivity index (χ1v) is 8.25. The van der Waals surface area contributed by atoms with Crippen LogP contribution in [0, 0.1) is 11.7 Å². The molecule has 2 unspecified atom stereocenters. The molecule has 118 valence electrons. The van der Waals surface area contributed by atoms with Gasteiger partial charge in [0.15, 0.2) is 0 Å². The van der Waals surface area contributed by atoms with E-state index in [9.17, 15) is 4.39 Å². The van der Waals surface area contributed by atoms with Crippen LogP contribution in [0.25, 0.3) is 0 Å². The van der Waals surface area contributed by atoms with E-state index in [-0.39, 0.29) is 11.4 Å². The summed E-state index contributed by atoms with van der Waals surface area (Å²) in [5, 5.41) is 0. The first kappa shape index (κ1) is 16.4. The zero-order chi connectivity index (χ0) is 15.3. The molecule has 2 rings (SSSR count). The zero-order valence-corrected chi connectivity index (χ0v) is 13.4. The normalized spacial score (nSPS) is 26.8. The van der Waals surface area contributed by atoms with Crippen molar-refractivity contribution in [2.45, 2.75) is 57.5 Å². The molecule has 1 aromatic rings. The Morgan fingerprint density at radius 3 is 2.57 bits per heavy atom. The molecule has 0 saturated heterocycles. The summed E-state index contributed by atoms with van der Waals surface area (Å²) in [5.74, 6) is 0.688. The van der Waals surface area contributed by atoms with Crippen LogP contribution < -0.4 is 5.73 Å². The Bertz CT molecular complexity index is 431. The first-order valence-electron chi connectivity index (χ1n) is 8.25. The van der Waals surface area contributed by atoms with E-state index in [1.165, 1.54) is 38.5 Å². The number of hydrogen-bond acceptors (Lipinski definition) is 2. The monoisotopic (exact) mass is 292 g/mol. The molecular weight excluding hydrogens is 263 g/mol. The fourth-order valence-corrected chi connectivity index (χ4v) is 3.64. The highest BCUT2D eigenvalue weighted by Crippen LogP contribution is 2.35. The molecule has 0 radical (unpaired) electrons. The SMILES string of the molecule is CCC1CCCC(CN)(N(C)Cc2ccc(F)cc2)CC1. The predicted octanol–water partition coefficient (Wildman–Crippen LogP) is 3.95. The van der Waals surface area contributed by atoms with E-state index < -0.39 is 0 Å². The Hall–Kier alpha value is -0.930. The summed E-state index contributed by atoms with van der Waals surface area (Å²) in [6.45, 7) is 3.84. The van der Waals surface area contributed by atoms with Gasteiger partial charge in [-0.1, -0.05) is 38.3 Å². The van der Waals surface area contributed by atoms with Gasteiger partial charge >= 0.3 is 0 Å². The van der Waals surface area contributed by atoms with E-state index >= 15 is 0 Å². The summed E-state index contributed by atoms with van der Waals surface area (Å²) in [5.41, 5.74) is 7.44. The fraction of sp³-hybridized carbons (Fsp3) is 0.667. The van der Waals surface area contributed by atoms with Gasteiger partial charge in [0.05, 0.1) is 0 Å². The lowest BCUT2D eigenvalue weighted by Crippen LogP contribution is -2.51. The zero-order valence-electron chi connectivity index (χ0n) is 13.4. The van der Waals surface area contributed by atoms with E-state index in [1.807, 2.05) is 12.1 Å². The number of halogens is 1. The third-order valence-corrected chi connectivity index (χ3v) is 5.37. The molecule has 3 heteroatoms. The van der Waals surface area contributed by atoms with Crippen LogP contribution in [0.1, 0.15) is 51.0 Å². The van der Waals surface area contributed by atoms with E-state index in [0.29, 0.717) is 6.54 Å². The molecule has 0 aromatic heterocycles. The second-order valence-electron chi connectivity index (χ2n) is 6.62. The first-order chi connectivity index (χ1) is 10.1. The summed E-state index contributed by atoms with van der Waals surface area (Å²) in [6.07, 6.45) is 7.52. The number of benzene rings is 1. The Morgan fingerprint density at radius 2 is 1.95 bits per heavy atom. The van der Waals surface area contributed by atoms with Gasteiger partial charge in [0.1, 0.15) is 5.82 Å². The summed E-state index contributed by atoms with van der Waals surface area (Å²) in [6, 6.07) is 6.83. The van der Waals surface area contributed by atoms with Gasteiger partial charge in [-0.25, -0.2) is 4.39 Å². The molecular formula is C18H29FN2. The number of rotatable bonds is 5. The van der Waals surface area contributed by atoms with Crippen molar-refractivity contribution < 1.29 is 4.39 Å². The lowest BCUT2D eigenvalue weighted by molar-refractivity contribution is 0.0983.